The lowest BCUT2D eigenvalue weighted by Gasteiger charge is -2.39. The largest absolute Gasteiger partial charge is 0.383 e. The van der Waals surface area contributed by atoms with Gasteiger partial charge in [0.25, 0.3) is 0 Å². The minimum atomic E-state index is -0.403. The second kappa shape index (κ2) is 7.88. The Morgan fingerprint density at radius 2 is 2.24 bits per heavy atom. The van der Waals surface area contributed by atoms with Crippen molar-refractivity contribution >= 4 is 40.0 Å². The number of carbonyl (C=O) groups is 2. The Labute approximate surface area is 155 Å². The van der Waals surface area contributed by atoms with Crippen LogP contribution >= 0.6 is 23.1 Å². The summed E-state index contributed by atoms with van der Waals surface area (Å²) in [7, 11) is 1.64. The van der Waals surface area contributed by atoms with Crippen molar-refractivity contribution in [3.05, 3.63) is 0 Å². The third kappa shape index (κ3) is 4.06. The van der Waals surface area contributed by atoms with E-state index in [9.17, 15) is 9.59 Å². The van der Waals surface area contributed by atoms with Gasteiger partial charge in [0.2, 0.25) is 16.9 Å². The molecule has 3 rings (SSSR count). The van der Waals surface area contributed by atoms with Gasteiger partial charge in [-0.05, 0) is 19.3 Å². The number of hydrogen-bond donors (Lipinski definition) is 1. The number of ether oxygens (including phenoxy) is 1. The fourth-order valence-electron chi connectivity index (χ4n) is 3.52. The van der Waals surface area contributed by atoms with E-state index in [1.807, 2.05) is 9.80 Å². The van der Waals surface area contributed by atoms with Crippen LogP contribution in [0.5, 0.6) is 0 Å². The number of carbonyl (C=O) groups excluding carboxylic acids is 2. The summed E-state index contributed by atoms with van der Waals surface area (Å²) in [4.78, 5) is 29.1. The van der Waals surface area contributed by atoms with Crippen LogP contribution in [0.3, 0.4) is 0 Å². The van der Waals surface area contributed by atoms with Crippen LogP contribution in [0.15, 0.2) is 4.34 Å². The Hall–Kier alpha value is -1.39. The molecular formula is C15H23N5O3S2. The van der Waals surface area contributed by atoms with Crippen molar-refractivity contribution in [3.63, 3.8) is 0 Å². The summed E-state index contributed by atoms with van der Waals surface area (Å²) >= 11 is 2.62. The van der Waals surface area contributed by atoms with Gasteiger partial charge in [-0.2, -0.15) is 0 Å². The van der Waals surface area contributed by atoms with Crippen LogP contribution in [0.1, 0.15) is 19.3 Å². The van der Waals surface area contributed by atoms with E-state index in [1.54, 1.807) is 7.11 Å². The highest BCUT2D eigenvalue weighted by Crippen LogP contribution is 2.40. The number of methoxy groups -OCH3 is 1. The van der Waals surface area contributed by atoms with E-state index in [1.165, 1.54) is 23.1 Å². The molecule has 138 valence electrons. The molecule has 2 amide bonds. The fraction of sp³-hybridized carbons (Fsp3) is 0.733. The van der Waals surface area contributed by atoms with Gasteiger partial charge in [-0.3, -0.25) is 9.59 Å². The molecule has 1 spiro atoms. The van der Waals surface area contributed by atoms with E-state index in [-0.39, 0.29) is 11.8 Å². The summed E-state index contributed by atoms with van der Waals surface area (Å²) in [6, 6.07) is 0. The Bertz CT molecular complexity index is 640. The Morgan fingerprint density at radius 1 is 1.40 bits per heavy atom. The predicted molar refractivity (Wildman–Crippen MR) is 96.4 cm³/mol. The number of rotatable bonds is 6. The van der Waals surface area contributed by atoms with Gasteiger partial charge >= 0.3 is 0 Å². The van der Waals surface area contributed by atoms with E-state index in [4.69, 9.17) is 10.5 Å². The van der Waals surface area contributed by atoms with Crippen molar-refractivity contribution in [1.82, 2.24) is 20.0 Å². The molecule has 1 atom stereocenters. The van der Waals surface area contributed by atoms with Gasteiger partial charge in [-0.25, -0.2) is 0 Å². The Kier molecular flexibility index (Phi) is 5.80. The first-order chi connectivity index (χ1) is 12.0. The average Bonchev–Trinajstić information content (AvgIpc) is 3.21. The third-order valence-electron chi connectivity index (χ3n) is 4.84. The van der Waals surface area contributed by atoms with Crippen molar-refractivity contribution in [2.75, 3.05) is 51.4 Å². The van der Waals surface area contributed by atoms with Crippen molar-refractivity contribution in [3.8, 4) is 0 Å². The van der Waals surface area contributed by atoms with Crippen LogP contribution in [0.25, 0.3) is 0 Å². The molecule has 2 aliphatic rings. The number of amides is 2. The number of piperidine rings is 1. The molecule has 2 fully saturated rings. The van der Waals surface area contributed by atoms with Gasteiger partial charge < -0.3 is 20.3 Å². The van der Waals surface area contributed by atoms with E-state index >= 15 is 0 Å². The molecule has 0 aromatic carbocycles. The lowest BCUT2D eigenvalue weighted by molar-refractivity contribution is -0.146. The van der Waals surface area contributed by atoms with Gasteiger partial charge in [0.05, 0.1) is 17.8 Å². The first-order valence-corrected chi connectivity index (χ1v) is 10.1. The SMILES string of the molecule is COCCN1CCCC2(CCN(C(=O)CSc3nnc(N)s3)C2)C1=O. The van der Waals surface area contributed by atoms with Crippen molar-refractivity contribution in [2.45, 2.75) is 23.6 Å². The quantitative estimate of drug-likeness (QED) is 0.719. The van der Waals surface area contributed by atoms with Gasteiger partial charge in [0.1, 0.15) is 0 Å². The zero-order valence-corrected chi connectivity index (χ0v) is 15.9. The number of nitrogens with zero attached hydrogens (tertiary/aromatic N) is 4. The molecule has 1 aromatic rings. The summed E-state index contributed by atoms with van der Waals surface area (Å²) in [6.07, 6.45) is 2.59. The maximum atomic E-state index is 12.9. The van der Waals surface area contributed by atoms with Crippen LogP contribution in [-0.2, 0) is 14.3 Å². The number of anilines is 1. The maximum Gasteiger partial charge on any atom is 0.233 e. The van der Waals surface area contributed by atoms with Crippen molar-refractivity contribution < 1.29 is 14.3 Å². The fourth-order valence-corrected chi connectivity index (χ4v) is 5.06. The molecule has 0 aliphatic carbocycles. The molecule has 0 radical (unpaired) electrons. The molecule has 0 bridgehead atoms. The predicted octanol–water partition coefficient (Wildman–Crippen LogP) is 0.700. The zero-order valence-electron chi connectivity index (χ0n) is 14.3. The minimum Gasteiger partial charge on any atom is -0.383 e. The summed E-state index contributed by atoms with van der Waals surface area (Å²) in [5.74, 6) is 0.514. The number of nitrogens with two attached hydrogens (primary N) is 1. The topological polar surface area (TPSA) is 102 Å². The molecule has 1 aromatic heterocycles. The van der Waals surface area contributed by atoms with E-state index < -0.39 is 5.41 Å². The van der Waals surface area contributed by atoms with E-state index in [0.29, 0.717) is 41.5 Å². The summed E-state index contributed by atoms with van der Waals surface area (Å²) in [6.45, 7) is 3.12. The molecule has 0 saturated carbocycles. The van der Waals surface area contributed by atoms with Crippen LogP contribution in [0, 0.1) is 5.41 Å². The Balaban J connectivity index is 1.56. The molecule has 3 heterocycles. The van der Waals surface area contributed by atoms with Gasteiger partial charge in [-0.1, -0.05) is 23.1 Å². The van der Waals surface area contributed by atoms with Gasteiger partial charge in [0, 0.05) is 33.3 Å². The molecule has 25 heavy (non-hydrogen) atoms. The summed E-state index contributed by atoms with van der Waals surface area (Å²) in [5, 5.41) is 8.06. The minimum absolute atomic E-state index is 0.0393. The number of aromatic nitrogens is 2. The van der Waals surface area contributed by atoms with Crippen molar-refractivity contribution in [1.29, 1.82) is 0 Å². The second-order valence-electron chi connectivity index (χ2n) is 6.43. The zero-order chi connectivity index (χ0) is 17.9. The lowest BCUT2D eigenvalue weighted by atomic mass is 9.78. The number of thioether (sulfide) groups is 1. The standard InChI is InChI=1S/C15H23N5O3S2/c1-23-8-7-19-5-2-3-15(12(19)22)4-6-20(10-15)11(21)9-24-14-18-17-13(16)25-14/h2-10H2,1H3,(H2,16,17). The highest BCUT2D eigenvalue weighted by molar-refractivity contribution is 8.01. The molecule has 2 aliphatic heterocycles. The van der Waals surface area contributed by atoms with E-state index in [2.05, 4.69) is 10.2 Å². The molecule has 1 unspecified atom stereocenters. The molecule has 8 nitrogen and oxygen atoms in total. The number of hydrogen-bond acceptors (Lipinski definition) is 8. The van der Waals surface area contributed by atoms with Gasteiger partial charge in [0.15, 0.2) is 4.34 Å². The van der Waals surface area contributed by atoms with Crippen LogP contribution in [0.2, 0.25) is 0 Å². The van der Waals surface area contributed by atoms with E-state index in [0.717, 1.165) is 25.8 Å². The average molecular weight is 386 g/mol. The lowest BCUT2D eigenvalue weighted by Crippen LogP contribution is -2.51. The molecule has 10 heteroatoms. The normalized spacial score (nSPS) is 23.6. The monoisotopic (exact) mass is 385 g/mol. The third-order valence-corrected chi connectivity index (χ3v) is 6.71. The smallest absolute Gasteiger partial charge is 0.233 e. The molecule has 2 saturated heterocycles. The molecular weight excluding hydrogens is 362 g/mol. The summed E-state index contributed by atoms with van der Waals surface area (Å²) < 4.78 is 5.79. The number of likely N-dealkylation sites (tertiary alicyclic amines) is 2. The summed E-state index contributed by atoms with van der Waals surface area (Å²) in [5.41, 5.74) is 5.15. The molecule has 2 N–H and O–H groups in total. The number of nitrogen functional groups attached to an aromatic ring is 1. The maximum absolute atomic E-state index is 12.9. The highest BCUT2D eigenvalue weighted by atomic mass is 32.2. The van der Waals surface area contributed by atoms with Crippen molar-refractivity contribution in [2.24, 2.45) is 5.41 Å². The first kappa shape index (κ1) is 18.4. The Morgan fingerprint density at radius 3 is 2.96 bits per heavy atom. The van der Waals surface area contributed by atoms with Crippen LogP contribution < -0.4 is 5.73 Å². The first-order valence-electron chi connectivity index (χ1n) is 8.32. The van der Waals surface area contributed by atoms with Crippen LogP contribution in [-0.4, -0.2) is 77.5 Å². The highest BCUT2D eigenvalue weighted by Gasteiger charge is 2.49. The second-order valence-corrected chi connectivity index (χ2v) is 8.66. The van der Waals surface area contributed by atoms with Crippen LogP contribution in [0.4, 0.5) is 5.13 Å². The van der Waals surface area contributed by atoms with Gasteiger partial charge in [-0.15, -0.1) is 10.2 Å².